The minimum Gasteiger partial charge on any atom is -0.493 e. The van der Waals surface area contributed by atoms with Gasteiger partial charge in [-0.2, -0.15) is 0 Å². The SMILES string of the molecule is NC(=O)[C@](O)(CNC(=O)c1ccc(OCC2CCNCC2)cc1)N1CCN(C(=O)c2ccccc2)CC1. The van der Waals surface area contributed by atoms with E-state index in [1.165, 1.54) is 4.90 Å². The first-order valence-corrected chi connectivity index (χ1v) is 12.7. The van der Waals surface area contributed by atoms with Gasteiger partial charge in [0.05, 0.1) is 13.2 Å². The fraction of sp³-hybridized carbons (Fsp3) is 0.444. The third-order valence-corrected chi connectivity index (χ3v) is 7.06. The van der Waals surface area contributed by atoms with E-state index in [2.05, 4.69) is 10.6 Å². The molecule has 3 amide bonds. The molecule has 2 aromatic carbocycles. The number of piperazine rings is 1. The maximum atomic E-state index is 12.7. The summed E-state index contributed by atoms with van der Waals surface area (Å²) < 4.78 is 5.86. The van der Waals surface area contributed by atoms with Crippen molar-refractivity contribution in [1.82, 2.24) is 20.4 Å². The number of aliphatic hydroxyl groups is 1. The van der Waals surface area contributed by atoms with Crippen LogP contribution in [0, 0.1) is 5.92 Å². The third kappa shape index (κ3) is 6.65. The van der Waals surface area contributed by atoms with Crippen molar-refractivity contribution in [2.24, 2.45) is 11.7 Å². The second-order valence-electron chi connectivity index (χ2n) is 9.54. The number of carbonyl (C=O) groups excluding carboxylic acids is 3. The van der Waals surface area contributed by atoms with Gasteiger partial charge in [-0.25, -0.2) is 0 Å². The van der Waals surface area contributed by atoms with Crippen LogP contribution in [0.1, 0.15) is 33.6 Å². The lowest BCUT2D eigenvalue weighted by atomic mass is 9.99. The number of amides is 3. The zero-order valence-electron chi connectivity index (χ0n) is 20.9. The molecule has 0 unspecified atom stereocenters. The van der Waals surface area contributed by atoms with Crippen molar-refractivity contribution in [3.05, 3.63) is 65.7 Å². The van der Waals surface area contributed by atoms with Gasteiger partial charge in [-0.3, -0.25) is 19.3 Å². The first-order chi connectivity index (χ1) is 17.9. The number of carbonyl (C=O) groups is 3. The van der Waals surface area contributed by atoms with Gasteiger partial charge < -0.3 is 31.1 Å². The Hall–Kier alpha value is -3.47. The largest absolute Gasteiger partial charge is 0.493 e. The van der Waals surface area contributed by atoms with E-state index in [-0.39, 0.29) is 25.5 Å². The lowest BCUT2D eigenvalue weighted by Crippen LogP contribution is -2.67. The minimum absolute atomic E-state index is 0.112. The number of hydrogen-bond donors (Lipinski definition) is 4. The Labute approximate surface area is 216 Å². The van der Waals surface area contributed by atoms with Crippen LogP contribution in [0.25, 0.3) is 0 Å². The second kappa shape index (κ2) is 12.2. The predicted octanol–water partition coefficient (Wildman–Crippen LogP) is 0.427. The van der Waals surface area contributed by atoms with Crippen molar-refractivity contribution < 1.29 is 24.2 Å². The molecule has 0 radical (unpaired) electrons. The van der Waals surface area contributed by atoms with Gasteiger partial charge in [-0.15, -0.1) is 0 Å². The summed E-state index contributed by atoms with van der Waals surface area (Å²) in [5.41, 5.74) is 4.42. The van der Waals surface area contributed by atoms with Crippen LogP contribution in [0.4, 0.5) is 0 Å². The average Bonchev–Trinajstić information content (AvgIpc) is 2.95. The fourth-order valence-corrected chi connectivity index (χ4v) is 4.67. The fourth-order valence-electron chi connectivity index (χ4n) is 4.67. The van der Waals surface area contributed by atoms with Crippen LogP contribution < -0.4 is 21.1 Å². The number of nitrogens with zero attached hydrogens (tertiary/aromatic N) is 2. The van der Waals surface area contributed by atoms with Crippen LogP contribution in [0.3, 0.4) is 0 Å². The summed E-state index contributed by atoms with van der Waals surface area (Å²) in [6, 6.07) is 15.7. The number of hydrogen-bond acceptors (Lipinski definition) is 7. The van der Waals surface area contributed by atoms with E-state index >= 15 is 0 Å². The Morgan fingerprint density at radius 1 is 0.973 bits per heavy atom. The van der Waals surface area contributed by atoms with Crippen LogP contribution in [-0.4, -0.2) is 90.8 Å². The number of rotatable bonds is 9. The minimum atomic E-state index is -2.07. The van der Waals surface area contributed by atoms with Crippen LogP contribution in [-0.2, 0) is 4.79 Å². The number of primary amides is 1. The van der Waals surface area contributed by atoms with Gasteiger partial charge in [0, 0.05) is 37.3 Å². The molecule has 0 aromatic heterocycles. The van der Waals surface area contributed by atoms with Gasteiger partial charge in [0.2, 0.25) is 5.72 Å². The van der Waals surface area contributed by atoms with Gasteiger partial charge in [0.25, 0.3) is 17.7 Å². The van der Waals surface area contributed by atoms with Gasteiger partial charge in [0.1, 0.15) is 5.75 Å². The molecule has 2 aliphatic heterocycles. The highest BCUT2D eigenvalue weighted by atomic mass is 16.5. The van der Waals surface area contributed by atoms with E-state index in [1.54, 1.807) is 53.4 Å². The monoisotopic (exact) mass is 509 g/mol. The van der Waals surface area contributed by atoms with Gasteiger partial charge in [-0.1, -0.05) is 18.2 Å². The van der Waals surface area contributed by atoms with Gasteiger partial charge >= 0.3 is 0 Å². The van der Waals surface area contributed by atoms with Crippen molar-refractivity contribution in [3.63, 3.8) is 0 Å². The first kappa shape index (κ1) is 26.6. The Kier molecular flexibility index (Phi) is 8.75. The third-order valence-electron chi connectivity index (χ3n) is 7.06. The summed E-state index contributed by atoms with van der Waals surface area (Å²) in [6.07, 6.45) is 2.17. The molecular weight excluding hydrogens is 474 g/mol. The topological polar surface area (TPSA) is 137 Å². The predicted molar refractivity (Wildman–Crippen MR) is 138 cm³/mol. The highest BCUT2D eigenvalue weighted by Gasteiger charge is 2.42. The lowest BCUT2D eigenvalue weighted by molar-refractivity contribution is -0.162. The maximum Gasteiger partial charge on any atom is 0.266 e. The first-order valence-electron chi connectivity index (χ1n) is 12.7. The molecule has 10 heteroatoms. The van der Waals surface area contributed by atoms with E-state index < -0.39 is 17.5 Å². The summed E-state index contributed by atoms with van der Waals surface area (Å²) >= 11 is 0. The summed E-state index contributed by atoms with van der Waals surface area (Å²) in [4.78, 5) is 40.8. The molecule has 2 saturated heterocycles. The maximum absolute atomic E-state index is 12.7. The average molecular weight is 510 g/mol. The van der Waals surface area contributed by atoms with E-state index in [4.69, 9.17) is 10.5 Å². The zero-order valence-corrected chi connectivity index (χ0v) is 20.9. The van der Waals surface area contributed by atoms with Crippen LogP contribution >= 0.6 is 0 Å². The number of nitrogens with one attached hydrogen (secondary N) is 2. The molecule has 0 bridgehead atoms. The molecule has 2 fully saturated rings. The Morgan fingerprint density at radius 2 is 1.62 bits per heavy atom. The van der Waals surface area contributed by atoms with Crippen LogP contribution in [0.5, 0.6) is 5.75 Å². The Balaban J connectivity index is 1.29. The normalized spacial score (nSPS) is 18.6. The van der Waals surface area contributed by atoms with Crippen molar-refractivity contribution >= 4 is 17.7 Å². The smallest absolute Gasteiger partial charge is 0.266 e. The molecule has 2 heterocycles. The number of piperidine rings is 1. The molecule has 5 N–H and O–H groups in total. The molecule has 198 valence electrons. The molecule has 37 heavy (non-hydrogen) atoms. The Bertz CT molecular complexity index is 1070. The summed E-state index contributed by atoms with van der Waals surface area (Å²) in [7, 11) is 0. The molecule has 4 rings (SSSR count). The van der Waals surface area contributed by atoms with Crippen LogP contribution in [0.2, 0.25) is 0 Å². The molecule has 0 aliphatic carbocycles. The quantitative estimate of drug-likeness (QED) is 0.385. The highest BCUT2D eigenvalue weighted by Crippen LogP contribution is 2.19. The molecule has 1 atom stereocenters. The van der Waals surface area contributed by atoms with E-state index in [0.717, 1.165) is 25.9 Å². The van der Waals surface area contributed by atoms with Crippen LogP contribution in [0.15, 0.2) is 54.6 Å². The molecule has 10 nitrogen and oxygen atoms in total. The van der Waals surface area contributed by atoms with E-state index in [0.29, 0.717) is 42.5 Å². The molecule has 0 spiro atoms. The molecule has 2 aliphatic rings. The molecular formula is C27H35N5O5. The number of ether oxygens (including phenoxy) is 1. The van der Waals surface area contributed by atoms with E-state index in [1.807, 2.05) is 6.07 Å². The summed E-state index contributed by atoms with van der Waals surface area (Å²) in [6.45, 7) is 3.38. The van der Waals surface area contributed by atoms with Gasteiger partial charge in [0.15, 0.2) is 0 Å². The van der Waals surface area contributed by atoms with Crippen molar-refractivity contribution in [3.8, 4) is 5.75 Å². The summed E-state index contributed by atoms with van der Waals surface area (Å²) in [5.74, 6) is -0.306. The molecule has 0 saturated carbocycles. The van der Waals surface area contributed by atoms with Gasteiger partial charge in [-0.05, 0) is 68.2 Å². The Morgan fingerprint density at radius 3 is 2.24 bits per heavy atom. The van der Waals surface area contributed by atoms with Crippen molar-refractivity contribution in [1.29, 1.82) is 0 Å². The summed E-state index contributed by atoms with van der Waals surface area (Å²) in [5, 5.41) is 17.0. The highest BCUT2D eigenvalue weighted by molar-refractivity contribution is 5.95. The standard InChI is InChI=1S/C27H35N5O5/c28-26(35)27(36,32-16-14-31(15-17-32)25(34)22-4-2-1-3-5-22)19-30-24(33)21-6-8-23(9-7-21)37-18-20-10-12-29-13-11-20/h1-9,20,29,36H,10-19H2,(H2,28,35)(H,30,33)/t27-/m1/s1. The van der Waals surface area contributed by atoms with Crippen molar-refractivity contribution in [2.75, 3.05) is 52.4 Å². The van der Waals surface area contributed by atoms with Crippen molar-refractivity contribution in [2.45, 2.75) is 18.6 Å². The van der Waals surface area contributed by atoms with E-state index in [9.17, 15) is 19.5 Å². The number of benzene rings is 2. The zero-order chi connectivity index (χ0) is 26.3. The lowest BCUT2D eigenvalue weighted by Gasteiger charge is -2.42. The number of nitrogens with two attached hydrogens (primary N) is 1. The second-order valence-corrected chi connectivity index (χ2v) is 9.54. The molecule has 2 aromatic rings.